The quantitative estimate of drug-likeness (QED) is 0.512. The molecule has 0 saturated carbocycles. The lowest BCUT2D eigenvalue weighted by molar-refractivity contribution is -0.143. The number of piperidine rings is 1. The fraction of sp³-hybridized carbons (Fsp3) is 0.462. The maximum Gasteiger partial charge on any atom is 0.416 e. The Balaban J connectivity index is 1.93. The molecule has 208 valence electrons. The van der Waals surface area contributed by atoms with Gasteiger partial charge in [-0.3, -0.25) is 14.5 Å². The van der Waals surface area contributed by atoms with E-state index >= 15 is 0 Å². The molecule has 12 heteroatoms. The highest BCUT2D eigenvalue weighted by Gasteiger charge is 2.40. The number of primary amides is 1. The van der Waals surface area contributed by atoms with Gasteiger partial charge in [-0.1, -0.05) is 6.07 Å². The highest BCUT2D eigenvalue weighted by atomic mass is 19.4. The van der Waals surface area contributed by atoms with Crippen LogP contribution in [0.1, 0.15) is 47.1 Å². The van der Waals surface area contributed by atoms with E-state index in [9.17, 15) is 40.3 Å². The number of rotatable bonds is 6. The Morgan fingerprint density at radius 2 is 1.63 bits per heavy atom. The Bertz CT molecular complexity index is 1160. The molecular formula is C26H28F7N3O2. The van der Waals surface area contributed by atoms with Gasteiger partial charge in [-0.2, -0.15) is 26.3 Å². The summed E-state index contributed by atoms with van der Waals surface area (Å²) in [5.41, 5.74) is 3.42. The average Bonchev–Trinajstić information content (AvgIpc) is 2.81. The van der Waals surface area contributed by atoms with Crippen LogP contribution in [0.3, 0.4) is 0 Å². The summed E-state index contributed by atoms with van der Waals surface area (Å²) < 4.78 is 93.4. The van der Waals surface area contributed by atoms with E-state index in [-0.39, 0.29) is 24.6 Å². The number of nitrogens with zero attached hydrogens (tertiary/aromatic N) is 2. The van der Waals surface area contributed by atoms with E-state index in [4.69, 9.17) is 5.73 Å². The number of carbonyl (C=O) groups is 2. The lowest BCUT2D eigenvalue weighted by atomic mass is 9.78. The Morgan fingerprint density at radius 3 is 2.13 bits per heavy atom. The van der Waals surface area contributed by atoms with Crippen molar-refractivity contribution in [3.05, 3.63) is 70.0 Å². The van der Waals surface area contributed by atoms with Crippen LogP contribution in [-0.4, -0.2) is 47.8 Å². The van der Waals surface area contributed by atoms with E-state index in [1.54, 1.807) is 18.7 Å². The van der Waals surface area contributed by atoms with Gasteiger partial charge < -0.3 is 10.6 Å². The van der Waals surface area contributed by atoms with Crippen molar-refractivity contribution >= 4 is 11.8 Å². The average molecular weight is 548 g/mol. The summed E-state index contributed by atoms with van der Waals surface area (Å²) in [4.78, 5) is 28.2. The number of amides is 2. The molecule has 3 atom stereocenters. The Morgan fingerprint density at radius 1 is 1.05 bits per heavy atom. The van der Waals surface area contributed by atoms with Crippen molar-refractivity contribution in [2.45, 2.75) is 51.1 Å². The first-order valence-corrected chi connectivity index (χ1v) is 11.8. The molecule has 1 aliphatic rings. The van der Waals surface area contributed by atoms with Gasteiger partial charge in [0, 0.05) is 32.0 Å². The molecule has 0 aromatic heterocycles. The lowest BCUT2D eigenvalue weighted by Gasteiger charge is -2.41. The van der Waals surface area contributed by atoms with Gasteiger partial charge in [-0.15, -0.1) is 0 Å². The second kappa shape index (κ2) is 10.9. The van der Waals surface area contributed by atoms with Crippen LogP contribution in [0.5, 0.6) is 0 Å². The second-order valence-electron chi connectivity index (χ2n) is 9.68. The number of likely N-dealkylation sites (tertiary alicyclic amines) is 1. The van der Waals surface area contributed by atoms with Crippen LogP contribution >= 0.6 is 0 Å². The van der Waals surface area contributed by atoms with Crippen molar-refractivity contribution in [3.8, 4) is 0 Å². The SMILES string of the molecule is Cc1cc(F)ccc1C1CN(C(C)C(N)=O)CCC1C(=O)N(C)Cc1cc(C(F)(F)F)cc(C(F)(F)F)c1. The molecule has 2 N–H and O–H groups in total. The van der Waals surface area contributed by atoms with Crippen molar-refractivity contribution in [1.82, 2.24) is 9.80 Å². The highest BCUT2D eigenvalue weighted by molar-refractivity contribution is 5.81. The Labute approximate surface area is 215 Å². The molecule has 2 amide bonds. The first-order chi connectivity index (χ1) is 17.5. The van der Waals surface area contributed by atoms with Crippen molar-refractivity contribution in [2.24, 2.45) is 11.7 Å². The molecule has 3 unspecified atom stereocenters. The van der Waals surface area contributed by atoms with Crippen molar-refractivity contribution in [2.75, 3.05) is 20.1 Å². The van der Waals surface area contributed by atoms with Crippen molar-refractivity contribution < 1.29 is 40.3 Å². The maximum absolute atomic E-state index is 13.8. The van der Waals surface area contributed by atoms with Gasteiger partial charge in [-0.05, 0) is 73.8 Å². The molecule has 1 heterocycles. The van der Waals surface area contributed by atoms with E-state index in [0.717, 1.165) is 4.90 Å². The summed E-state index contributed by atoms with van der Waals surface area (Å²) in [6, 6.07) is 4.67. The number of hydrogen-bond acceptors (Lipinski definition) is 3. The summed E-state index contributed by atoms with van der Waals surface area (Å²) in [5.74, 6) is -2.77. The van der Waals surface area contributed by atoms with Gasteiger partial charge >= 0.3 is 12.4 Å². The fourth-order valence-electron chi connectivity index (χ4n) is 4.92. The zero-order valence-electron chi connectivity index (χ0n) is 21.0. The van der Waals surface area contributed by atoms with Gasteiger partial charge in [-0.25, -0.2) is 4.39 Å². The van der Waals surface area contributed by atoms with Gasteiger partial charge in [0.25, 0.3) is 0 Å². The molecule has 1 saturated heterocycles. The highest BCUT2D eigenvalue weighted by Crippen LogP contribution is 2.38. The molecular weight excluding hydrogens is 519 g/mol. The van der Waals surface area contributed by atoms with Crippen LogP contribution in [0.25, 0.3) is 0 Å². The normalized spacial score (nSPS) is 19.7. The molecule has 1 aliphatic heterocycles. The number of nitrogens with two attached hydrogens (primary N) is 1. The number of benzene rings is 2. The molecule has 0 aliphatic carbocycles. The third kappa shape index (κ3) is 6.64. The van der Waals surface area contributed by atoms with E-state index in [2.05, 4.69) is 0 Å². The molecule has 0 bridgehead atoms. The van der Waals surface area contributed by atoms with E-state index in [0.29, 0.717) is 29.8 Å². The lowest BCUT2D eigenvalue weighted by Crippen LogP contribution is -2.51. The minimum Gasteiger partial charge on any atom is -0.368 e. The third-order valence-electron chi connectivity index (χ3n) is 7.00. The predicted molar refractivity (Wildman–Crippen MR) is 125 cm³/mol. The summed E-state index contributed by atoms with van der Waals surface area (Å²) >= 11 is 0. The van der Waals surface area contributed by atoms with Crippen LogP contribution in [0.4, 0.5) is 30.7 Å². The third-order valence-corrected chi connectivity index (χ3v) is 7.00. The van der Waals surface area contributed by atoms with Gasteiger partial charge in [0.2, 0.25) is 11.8 Å². The molecule has 0 spiro atoms. The molecule has 3 rings (SSSR count). The summed E-state index contributed by atoms with van der Waals surface area (Å²) in [6.07, 6.45) is -9.76. The monoisotopic (exact) mass is 547 g/mol. The van der Waals surface area contributed by atoms with E-state index in [1.165, 1.54) is 25.2 Å². The number of carbonyl (C=O) groups excluding carboxylic acids is 2. The van der Waals surface area contributed by atoms with Crippen LogP contribution in [0.2, 0.25) is 0 Å². The number of alkyl halides is 6. The fourth-order valence-corrected chi connectivity index (χ4v) is 4.92. The minimum atomic E-state index is -5.01. The van der Waals surface area contributed by atoms with Gasteiger partial charge in [0.05, 0.1) is 17.2 Å². The second-order valence-corrected chi connectivity index (χ2v) is 9.68. The largest absolute Gasteiger partial charge is 0.416 e. The van der Waals surface area contributed by atoms with Crippen LogP contribution < -0.4 is 5.73 Å². The summed E-state index contributed by atoms with van der Waals surface area (Å²) in [6.45, 7) is 3.34. The first kappa shape index (κ1) is 29.4. The van der Waals surface area contributed by atoms with Crippen molar-refractivity contribution in [1.29, 1.82) is 0 Å². The summed E-state index contributed by atoms with van der Waals surface area (Å²) in [5, 5.41) is 0. The molecule has 1 fully saturated rings. The first-order valence-electron chi connectivity index (χ1n) is 11.8. The van der Waals surface area contributed by atoms with E-state index in [1.807, 2.05) is 0 Å². The van der Waals surface area contributed by atoms with Crippen molar-refractivity contribution in [3.63, 3.8) is 0 Å². The minimum absolute atomic E-state index is 0.0360. The molecule has 2 aromatic rings. The zero-order chi connectivity index (χ0) is 28.6. The zero-order valence-corrected chi connectivity index (χ0v) is 21.0. The topological polar surface area (TPSA) is 66.6 Å². The van der Waals surface area contributed by atoms with Crippen LogP contribution in [0, 0.1) is 18.7 Å². The Hall–Kier alpha value is -3.15. The Kier molecular flexibility index (Phi) is 8.45. The van der Waals surface area contributed by atoms with Gasteiger partial charge in [0.15, 0.2) is 0 Å². The molecule has 2 aromatic carbocycles. The smallest absolute Gasteiger partial charge is 0.368 e. The van der Waals surface area contributed by atoms with Gasteiger partial charge in [0.1, 0.15) is 5.82 Å². The number of aryl methyl sites for hydroxylation is 1. The standard InChI is InChI=1S/C26H28F7N3O2/c1-14-8-19(27)4-5-20(14)22-13-36(15(2)23(34)37)7-6-21(22)24(38)35(3)12-16-9-17(25(28,29)30)11-18(10-16)26(31,32)33/h4-5,8-11,15,21-22H,6-7,12-13H2,1-3H3,(H2,34,37). The summed E-state index contributed by atoms with van der Waals surface area (Å²) in [7, 11) is 1.31. The number of hydrogen-bond donors (Lipinski definition) is 1. The van der Waals surface area contributed by atoms with Crippen LogP contribution in [-0.2, 0) is 28.5 Å². The van der Waals surface area contributed by atoms with Crippen LogP contribution in [0.15, 0.2) is 36.4 Å². The molecule has 38 heavy (non-hydrogen) atoms. The predicted octanol–water partition coefficient (Wildman–Crippen LogP) is 5.11. The van der Waals surface area contributed by atoms with E-state index < -0.39 is 65.5 Å². The molecule has 5 nitrogen and oxygen atoms in total. The maximum atomic E-state index is 13.8. The molecule has 0 radical (unpaired) electrons. The number of halogens is 7.